The van der Waals surface area contributed by atoms with Gasteiger partial charge in [0, 0.05) is 25.4 Å². The van der Waals surface area contributed by atoms with Crippen molar-refractivity contribution >= 4 is 16.7 Å². The average molecular weight is 309 g/mol. The molecule has 0 aliphatic carbocycles. The van der Waals surface area contributed by atoms with Crippen molar-refractivity contribution in [1.82, 2.24) is 9.97 Å². The maximum absolute atomic E-state index is 13.6. The van der Waals surface area contributed by atoms with Crippen LogP contribution in [0.4, 0.5) is 10.2 Å². The molecule has 0 fully saturated rings. The van der Waals surface area contributed by atoms with Gasteiger partial charge in [-0.25, -0.2) is 14.4 Å². The summed E-state index contributed by atoms with van der Waals surface area (Å²) in [6.07, 6.45) is 2.47. The van der Waals surface area contributed by atoms with Gasteiger partial charge in [0.1, 0.15) is 23.7 Å². The number of hydrogen-bond acceptors (Lipinski definition) is 4. The summed E-state index contributed by atoms with van der Waals surface area (Å²) < 4.78 is 19.1. The van der Waals surface area contributed by atoms with E-state index in [-0.39, 0.29) is 5.82 Å². The molecule has 2 heterocycles. The summed E-state index contributed by atoms with van der Waals surface area (Å²) in [6.45, 7) is 1.44. The van der Waals surface area contributed by atoms with E-state index in [9.17, 15) is 4.39 Å². The number of ether oxygens (including phenoxy) is 1. The van der Waals surface area contributed by atoms with E-state index in [1.807, 2.05) is 18.0 Å². The van der Waals surface area contributed by atoms with Gasteiger partial charge in [0.25, 0.3) is 0 Å². The predicted molar refractivity (Wildman–Crippen MR) is 87.2 cm³/mol. The molecule has 0 N–H and O–H groups in total. The molecule has 0 spiro atoms. The molecule has 4 rings (SSSR count). The number of rotatable bonds is 3. The minimum Gasteiger partial charge on any atom is -0.493 e. The highest BCUT2D eigenvalue weighted by Gasteiger charge is 2.14. The Balaban J connectivity index is 1.67. The lowest BCUT2D eigenvalue weighted by atomic mass is 10.1. The minimum atomic E-state index is -0.281. The van der Waals surface area contributed by atoms with E-state index in [4.69, 9.17) is 4.74 Å². The van der Waals surface area contributed by atoms with Crippen molar-refractivity contribution in [1.29, 1.82) is 0 Å². The van der Waals surface area contributed by atoms with E-state index in [1.165, 1.54) is 29.6 Å². The number of nitrogens with zero attached hydrogens (tertiary/aromatic N) is 3. The summed E-state index contributed by atoms with van der Waals surface area (Å²) >= 11 is 0. The van der Waals surface area contributed by atoms with Crippen molar-refractivity contribution in [3.05, 3.63) is 59.7 Å². The summed E-state index contributed by atoms with van der Waals surface area (Å²) in [4.78, 5) is 10.6. The fourth-order valence-corrected chi connectivity index (χ4v) is 3.01. The Morgan fingerprint density at radius 2 is 2.09 bits per heavy atom. The van der Waals surface area contributed by atoms with Gasteiger partial charge in [-0.3, -0.25) is 0 Å². The van der Waals surface area contributed by atoms with E-state index in [2.05, 4.69) is 22.1 Å². The third-order valence-corrected chi connectivity index (χ3v) is 4.11. The summed E-state index contributed by atoms with van der Waals surface area (Å²) in [6, 6.07) is 10.8. The van der Waals surface area contributed by atoms with Gasteiger partial charge >= 0.3 is 0 Å². The van der Waals surface area contributed by atoms with E-state index in [0.29, 0.717) is 6.54 Å². The second kappa shape index (κ2) is 5.50. The van der Waals surface area contributed by atoms with Gasteiger partial charge < -0.3 is 9.64 Å². The number of benzene rings is 2. The van der Waals surface area contributed by atoms with Crippen molar-refractivity contribution in [2.75, 3.05) is 18.6 Å². The molecular weight excluding hydrogens is 293 g/mol. The van der Waals surface area contributed by atoms with Crippen LogP contribution in [-0.2, 0) is 13.0 Å². The number of anilines is 1. The third kappa shape index (κ3) is 2.59. The molecular formula is C18H16FN3O. The molecule has 0 amide bonds. The van der Waals surface area contributed by atoms with Gasteiger partial charge in [-0.1, -0.05) is 12.1 Å². The molecule has 0 radical (unpaired) electrons. The lowest BCUT2D eigenvalue weighted by molar-refractivity contribution is 0.357. The van der Waals surface area contributed by atoms with Gasteiger partial charge in [0.2, 0.25) is 0 Å². The van der Waals surface area contributed by atoms with E-state index >= 15 is 0 Å². The van der Waals surface area contributed by atoms with E-state index < -0.39 is 0 Å². The zero-order valence-electron chi connectivity index (χ0n) is 12.8. The molecule has 0 bridgehead atoms. The molecule has 3 aromatic rings. The quantitative estimate of drug-likeness (QED) is 0.744. The first-order chi connectivity index (χ1) is 11.2. The van der Waals surface area contributed by atoms with Crippen molar-refractivity contribution < 1.29 is 9.13 Å². The van der Waals surface area contributed by atoms with Gasteiger partial charge in [-0.05, 0) is 35.4 Å². The number of halogens is 1. The average Bonchev–Trinajstić information content (AvgIpc) is 3.01. The molecule has 5 heteroatoms. The number of hydrogen-bond donors (Lipinski definition) is 0. The molecule has 0 atom stereocenters. The standard InChI is InChI=1S/C18H16FN3O/c1-22(10-12-2-5-17-13(8-12)6-7-23-17)18-15-9-14(19)3-4-16(15)20-11-21-18/h2-5,8-9,11H,6-7,10H2,1H3. The van der Waals surface area contributed by atoms with E-state index in [1.54, 1.807) is 6.07 Å². The van der Waals surface area contributed by atoms with Crippen molar-refractivity contribution in [3.63, 3.8) is 0 Å². The largest absolute Gasteiger partial charge is 0.493 e. The van der Waals surface area contributed by atoms with Crippen LogP contribution < -0.4 is 9.64 Å². The minimum absolute atomic E-state index is 0.281. The highest BCUT2D eigenvalue weighted by Crippen LogP contribution is 2.28. The SMILES string of the molecule is CN(Cc1ccc2c(c1)CCO2)c1ncnc2ccc(F)cc12. The first-order valence-corrected chi connectivity index (χ1v) is 7.57. The van der Waals surface area contributed by atoms with Crippen LogP contribution in [-0.4, -0.2) is 23.6 Å². The molecule has 23 heavy (non-hydrogen) atoms. The van der Waals surface area contributed by atoms with Crippen LogP contribution in [0.3, 0.4) is 0 Å². The third-order valence-electron chi connectivity index (χ3n) is 4.11. The summed E-state index contributed by atoms with van der Waals surface area (Å²) in [5.41, 5.74) is 3.17. The Bertz CT molecular complexity index is 881. The molecule has 1 aliphatic rings. The summed E-state index contributed by atoms with van der Waals surface area (Å²) in [5.74, 6) is 1.42. The van der Waals surface area contributed by atoms with E-state index in [0.717, 1.165) is 35.5 Å². The smallest absolute Gasteiger partial charge is 0.140 e. The number of fused-ring (bicyclic) bond motifs is 2. The van der Waals surface area contributed by atoms with Crippen LogP contribution >= 0.6 is 0 Å². The van der Waals surface area contributed by atoms with Crippen LogP contribution in [0.2, 0.25) is 0 Å². The highest BCUT2D eigenvalue weighted by molar-refractivity contribution is 5.89. The van der Waals surface area contributed by atoms with Crippen molar-refractivity contribution in [3.8, 4) is 5.75 Å². The first-order valence-electron chi connectivity index (χ1n) is 7.57. The Labute approximate surface area is 133 Å². The maximum Gasteiger partial charge on any atom is 0.140 e. The molecule has 0 saturated carbocycles. The summed E-state index contributed by atoms with van der Waals surface area (Å²) in [7, 11) is 1.95. The zero-order chi connectivity index (χ0) is 15.8. The lowest BCUT2D eigenvalue weighted by Crippen LogP contribution is -2.18. The monoisotopic (exact) mass is 309 g/mol. The highest BCUT2D eigenvalue weighted by atomic mass is 19.1. The second-order valence-corrected chi connectivity index (χ2v) is 5.76. The molecule has 4 nitrogen and oxygen atoms in total. The predicted octanol–water partition coefficient (Wildman–Crippen LogP) is 3.34. The number of aromatic nitrogens is 2. The van der Waals surface area contributed by atoms with Crippen LogP contribution in [0, 0.1) is 5.82 Å². The Hall–Kier alpha value is -2.69. The Morgan fingerprint density at radius 3 is 3.00 bits per heavy atom. The summed E-state index contributed by atoms with van der Waals surface area (Å²) in [5, 5.41) is 0.722. The van der Waals surface area contributed by atoms with Crippen LogP contribution in [0.15, 0.2) is 42.7 Å². The van der Waals surface area contributed by atoms with Gasteiger partial charge in [0.15, 0.2) is 0 Å². The molecule has 116 valence electrons. The Kier molecular flexibility index (Phi) is 3.33. The molecule has 0 saturated heterocycles. The van der Waals surface area contributed by atoms with Gasteiger partial charge in [-0.2, -0.15) is 0 Å². The van der Waals surface area contributed by atoms with Crippen molar-refractivity contribution in [2.45, 2.75) is 13.0 Å². The van der Waals surface area contributed by atoms with Crippen molar-refractivity contribution in [2.24, 2.45) is 0 Å². The topological polar surface area (TPSA) is 38.2 Å². The molecule has 1 aliphatic heterocycles. The normalized spacial score (nSPS) is 13.0. The fourth-order valence-electron chi connectivity index (χ4n) is 3.01. The van der Waals surface area contributed by atoms with Gasteiger partial charge in [0.05, 0.1) is 12.1 Å². The lowest BCUT2D eigenvalue weighted by Gasteiger charge is -2.20. The van der Waals surface area contributed by atoms with Gasteiger partial charge in [-0.15, -0.1) is 0 Å². The van der Waals surface area contributed by atoms with Crippen LogP contribution in [0.25, 0.3) is 10.9 Å². The molecule has 2 aromatic carbocycles. The van der Waals surface area contributed by atoms with Crippen LogP contribution in [0.1, 0.15) is 11.1 Å². The first kappa shape index (κ1) is 13.9. The van der Waals surface area contributed by atoms with Crippen LogP contribution in [0.5, 0.6) is 5.75 Å². The Morgan fingerprint density at radius 1 is 1.17 bits per heavy atom. The zero-order valence-corrected chi connectivity index (χ0v) is 12.8. The molecule has 1 aromatic heterocycles. The maximum atomic E-state index is 13.6. The molecule has 0 unspecified atom stereocenters. The fraction of sp³-hybridized carbons (Fsp3) is 0.222. The second-order valence-electron chi connectivity index (χ2n) is 5.76.